The Morgan fingerprint density at radius 3 is 2.40 bits per heavy atom. The Bertz CT molecular complexity index is 700. The van der Waals surface area contributed by atoms with Crippen LogP contribution < -0.4 is 15.5 Å². The van der Waals surface area contributed by atoms with Crippen LogP contribution in [0.5, 0.6) is 0 Å². The zero-order valence-corrected chi connectivity index (χ0v) is 13.6. The van der Waals surface area contributed by atoms with Gasteiger partial charge in [-0.25, -0.2) is 23.5 Å². The molecule has 0 spiro atoms. The average Bonchev–Trinajstić information content (AvgIpc) is 2.64. The van der Waals surface area contributed by atoms with Gasteiger partial charge in [0.05, 0.1) is 0 Å². The average molecular weight is 347 g/mol. The van der Waals surface area contributed by atoms with Crippen molar-refractivity contribution in [1.29, 1.82) is 0 Å². The number of urea groups is 1. The van der Waals surface area contributed by atoms with E-state index in [2.05, 4.69) is 25.5 Å². The van der Waals surface area contributed by atoms with Crippen LogP contribution >= 0.6 is 0 Å². The number of nitrogens with zero attached hydrogens (tertiary/aromatic N) is 3. The van der Waals surface area contributed by atoms with Crippen molar-refractivity contribution in [3.05, 3.63) is 48.3 Å². The Hall–Kier alpha value is -2.77. The fourth-order valence-corrected chi connectivity index (χ4v) is 2.80. The zero-order chi connectivity index (χ0) is 17.6. The quantitative estimate of drug-likeness (QED) is 0.892. The molecule has 6 nitrogen and oxygen atoms in total. The number of hydrogen-bond acceptors (Lipinski definition) is 4. The van der Waals surface area contributed by atoms with Crippen molar-refractivity contribution in [3.63, 3.8) is 0 Å². The summed E-state index contributed by atoms with van der Waals surface area (Å²) in [6.07, 6.45) is 5.18. The van der Waals surface area contributed by atoms with Crippen LogP contribution in [0.25, 0.3) is 0 Å². The van der Waals surface area contributed by atoms with Crippen molar-refractivity contribution >= 4 is 17.7 Å². The molecule has 132 valence electrons. The summed E-state index contributed by atoms with van der Waals surface area (Å²) in [5, 5.41) is 4.90. The topological polar surface area (TPSA) is 70.2 Å². The molecule has 1 fully saturated rings. The summed E-state index contributed by atoms with van der Waals surface area (Å²) >= 11 is 0. The molecule has 1 aromatic carbocycles. The van der Waals surface area contributed by atoms with Crippen LogP contribution in [0.3, 0.4) is 0 Å². The Morgan fingerprint density at radius 1 is 1.12 bits per heavy atom. The highest BCUT2D eigenvalue weighted by molar-refractivity contribution is 5.89. The van der Waals surface area contributed by atoms with Crippen LogP contribution in [-0.4, -0.2) is 35.6 Å². The lowest BCUT2D eigenvalue weighted by Crippen LogP contribution is -2.40. The molecule has 1 aliphatic rings. The number of amides is 2. The number of carbonyl (C=O) groups excluding carboxylic acids is 1. The number of nitrogens with one attached hydrogen (secondary N) is 2. The minimum Gasteiger partial charge on any atom is -0.341 e. The molecule has 0 atom stereocenters. The van der Waals surface area contributed by atoms with E-state index >= 15 is 0 Å². The molecule has 2 aromatic rings. The lowest BCUT2D eigenvalue weighted by molar-refractivity contribution is 0.248. The first-order chi connectivity index (χ1) is 12.1. The first-order valence-electron chi connectivity index (χ1n) is 8.14. The number of benzene rings is 1. The summed E-state index contributed by atoms with van der Waals surface area (Å²) in [5.74, 6) is -0.588. The van der Waals surface area contributed by atoms with Gasteiger partial charge in [0.25, 0.3) is 0 Å². The van der Waals surface area contributed by atoms with Crippen LogP contribution in [0.15, 0.2) is 36.7 Å². The molecule has 2 N–H and O–H groups in total. The summed E-state index contributed by atoms with van der Waals surface area (Å²) in [5.41, 5.74) is -0.434. The normalized spacial score (nSPS) is 15.0. The van der Waals surface area contributed by atoms with Gasteiger partial charge < -0.3 is 15.5 Å². The third-order valence-corrected chi connectivity index (χ3v) is 4.20. The molecule has 25 heavy (non-hydrogen) atoms. The summed E-state index contributed by atoms with van der Waals surface area (Å²) in [6.45, 7) is 2.06. The smallest absolute Gasteiger partial charge is 0.319 e. The number of piperidine rings is 1. The number of hydrogen-bond donors (Lipinski definition) is 2. The molecule has 0 aliphatic carbocycles. The lowest BCUT2D eigenvalue weighted by Gasteiger charge is -2.31. The first kappa shape index (κ1) is 17.1. The van der Waals surface area contributed by atoms with Gasteiger partial charge in [-0.3, -0.25) is 0 Å². The molecule has 8 heteroatoms. The van der Waals surface area contributed by atoms with Gasteiger partial charge in [-0.2, -0.15) is 0 Å². The van der Waals surface area contributed by atoms with Crippen LogP contribution in [-0.2, 0) is 0 Å². The van der Waals surface area contributed by atoms with Gasteiger partial charge in [-0.1, -0.05) is 6.07 Å². The van der Waals surface area contributed by atoms with E-state index in [9.17, 15) is 13.6 Å². The van der Waals surface area contributed by atoms with Gasteiger partial charge >= 0.3 is 6.03 Å². The van der Waals surface area contributed by atoms with E-state index in [4.69, 9.17) is 0 Å². The fourth-order valence-electron chi connectivity index (χ4n) is 2.80. The van der Waals surface area contributed by atoms with Crippen molar-refractivity contribution < 1.29 is 13.6 Å². The molecule has 3 rings (SSSR count). The molecule has 1 saturated heterocycles. The Kier molecular flexibility index (Phi) is 5.37. The number of carbonyl (C=O) groups is 1. The summed E-state index contributed by atoms with van der Waals surface area (Å²) in [4.78, 5) is 22.4. The Balaban J connectivity index is 1.45. The Labute approximate surface area is 144 Å². The molecular formula is C17H19F2N5O. The second-order valence-electron chi connectivity index (χ2n) is 5.91. The van der Waals surface area contributed by atoms with Crippen LogP contribution in [0.1, 0.15) is 12.8 Å². The van der Waals surface area contributed by atoms with Crippen molar-refractivity contribution in [2.75, 3.05) is 29.9 Å². The molecule has 0 saturated carbocycles. The van der Waals surface area contributed by atoms with Gasteiger partial charge in [-0.05, 0) is 37.0 Å². The number of rotatable bonds is 4. The highest BCUT2D eigenvalue weighted by atomic mass is 19.1. The monoisotopic (exact) mass is 347 g/mol. The molecular weight excluding hydrogens is 328 g/mol. The van der Waals surface area contributed by atoms with E-state index in [1.165, 1.54) is 6.07 Å². The molecule has 0 unspecified atom stereocenters. The largest absolute Gasteiger partial charge is 0.341 e. The SMILES string of the molecule is O=C(NCC1CCN(c2ncccn2)CC1)Nc1c(F)cccc1F. The van der Waals surface area contributed by atoms with E-state index in [-0.39, 0.29) is 0 Å². The highest BCUT2D eigenvalue weighted by Crippen LogP contribution is 2.20. The zero-order valence-electron chi connectivity index (χ0n) is 13.6. The van der Waals surface area contributed by atoms with E-state index < -0.39 is 23.4 Å². The van der Waals surface area contributed by atoms with Gasteiger partial charge in [0.1, 0.15) is 17.3 Å². The van der Waals surface area contributed by atoms with Gasteiger partial charge in [0.15, 0.2) is 0 Å². The van der Waals surface area contributed by atoms with Crippen molar-refractivity contribution in [2.24, 2.45) is 5.92 Å². The van der Waals surface area contributed by atoms with Crippen LogP contribution in [0.4, 0.5) is 25.2 Å². The van der Waals surface area contributed by atoms with E-state index in [0.717, 1.165) is 38.1 Å². The maximum atomic E-state index is 13.5. The molecule has 2 amide bonds. The summed E-state index contributed by atoms with van der Waals surface area (Å²) < 4.78 is 27.0. The fraction of sp³-hybridized carbons (Fsp3) is 0.353. The first-order valence-corrected chi connectivity index (χ1v) is 8.14. The van der Waals surface area contributed by atoms with Gasteiger partial charge in [0.2, 0.25) is 5.95 Å². The van der Waals surface area contributed by atoms with Gasteiger partial charge in [-0.15, -0.1) is 0 Å². The maximum absolute atomic E-state index is 13.5. The third-order valence-electron chi connectivity index (χ3n) is 4.20. The summed E-state index contributed by atoms with van der Waals surface area (Å²) in [6, 6.07) is 4.60. The standard InChI is InChI=1S/C17H19F2N5O/c18-13-3-1-4-14(19)15(13)23-17(25)22-11-12-5-9-24(10-6-12)16-20-7-2-8-21-16/h1-4,7-8,12H,5-6,9-11H2,(H2,22,23,25). The van der Waals surface area contributed by atoms with Gasteiger partial charge in [0, 0.05) is 32.0 Å². The van der Waals surface area contributed by atoms with Crippen LogP contribution in [0, 0.1) is 17.6 Å². The minimum atomic E-state index is -0.800. The molecule has 0 bridgehead atoms. The van der Waals surface area contributed by atoms with E-state index in [0.29, 0.717) is 18.4 Å². The number of para-hydroxylation sites is 1. The highest BCUT2D eigenvalue weighted by Gasteiger charge is 2.21. The van der Waals surface area contributed by atoms with Crippen molar-refractivity contribution in [2.45, 2.75) is 12.8 Å². The summed E-state index contributed by atoms with van der Waals surface area (Å²) in [7, 11) is 0. The van der Waals surface area contributed by atoms with Crippen molar-refractivity contribution in [1.82, 2.24) is 15.3 Å². The number of halogens is 2. The molecule has 1 aromatic heterocycles. The molecule has 2 heterocycles. The second-order valence-corrected chi connectivity index (χ2v) is 5.91. The number of aromatic nitrogens is 2. The lowest BCUT2D eigenvalue weighted by atomic mass is 9.97. The van der Waals surface area contributed by atoms with E-state index in [1.807, 2.05) is 0 Å². The Morgan fingerprint density at radius 2 is 1.76 bits per heavy atom. The maximum Gasteiger partial charge on any atom is 0.319 e. The third kappa shape index (κ3) is 4.40. The number of anilines is 2. The molecule has 0 radical (unpaired) electrons. The van der Waals surface area contributed by atoms with Crippen molar-refractivity contribution in [3.8, 4) is 0 Å². The second kappa shape index (κ2) is 7.87. The predicted molar refractivity (Wildman–Crippen MR) is 90.3 cm³/mol. The van der Waals surface area contributed by atoms with E-state index in [1.54, 1.807) is 18.5 Å². The molecule has 1 aliphatic heterocycles. The van der Waals surface area contributed by atoms with Crippen LogP contribution in [0.2, 0.25) is 0 Å². The minimum absolute atomic E-state index is 0.302. The predicted octanol–water partition coefficient (Wildman–Crippen LogP) is 2.79.